The quantitative estimate of drug-likeness (QED) is 0.884. The second-order valence-electron chi connectivity index (χ2n) is 7.52. The van der Waals surface area contributed by atoms with Crippen molar-refractivity contribution in [2.75, 3.05) is 0 Å². The van der Waals surface area contributed by atoms with E-state index < -0.39 is 0 Å². The van der Waals surface area contributed by atoms with Crippen molar-refractivity contribution in [2.24, 2.45) is 17.8 Å². The number of nitrogens with one attached hydrogen (secondary N) is 1. The lowest BCUT2D eigenvalue weighted by atomic mass is 9.52. The number of benzene rings is 1. The summed E-state index contributed by atoms with van der Waals surface area (Å²) in [4.78, 5) is 0. The molecule has 1 aromatic carbocycles. The first-order valence-electron chi connectivity index (χ1n) is 8.16. The second-order valence-corrected chi connectivity index (χ2v) is 7.52. The van der Waals surface area contributed by atoms with Gasteiger partial charge in [-0.25, -0.2) is 0 Å². The minimum Gasteiger partial charge on any atom is -0.390 e. The summed E-state index contributed by atoms with van der Waals surface area (Å²) in [6, 6.07) is 11.8. The fourth-order valence-corrected chi connectivity index (χ4v) is 5.38. The first kappa shape index (κ1) is 12.8. The van der Waals surface area contributed by atoms with Crippen molar-refractivity contribution in [1.29, 1.82) is 0 Å². The Morgan fingerprint density at radius 2 is 1.75 bits per heavy atom. The average Bonchev–Trinajstić information content (AvgIpc) is 2.42. The molecular formula is C18H25NO. The van der Waals surface area contributed by atoms with E-state index in [1.54, 1.807) is 0 Å². The number of rotatable bonds is 3. The summed E-state index contributed by atoms with van der Waals surface area (Å²) in [5, 5.41) is 14.5. The molecule has 4 aliphatic rings. The molecule has 2 N–H and O–H groups in total. The summed E-state index contributed by atoms with van der Waals surface area (Å²) in [7, 11) is 0. The van der Waals surface area contributed by atoms with Crippen molar-refractivity contribution >= 4 is 0 Å². The van der Waals surface area contributed by atoms with Crippen LogP contribution < -0.4 is 5.32 Å². The molecule has 1 aromatic rings. The smallest absolute Gasteiger partial charge is 0.0657 e. The maximum Gasteiger partial charge on any atom is 0.0657 e. The molecule has 4 saturated carbocycles. The Labute approximate surface area is 121 Å². The predicted molar refractivity (Wildman–Crippen MR) is 80.3 cm³/mol. The molecule has 0 saturated heterocycles. The molecule has 0 spiro atoms. The van der Waals surface area contributed by atoms with Gasteiger partial charge in [0.1, 0.15) is 0 Å². The fraction of sp³-hybridized carbons (Fsp3) is 0.667. The van der Waals surface area contributed by atoms with Gasteiger partial charge in [-0.05, 0) is 62.3 Å². The zero-order valence-electron chi connectivity index (χ0n) is 12.3. The zero-order chi connectivity index (χ0) is 13.7. The van der Waals surface area contributed by atoms with E-state index >= 15 is 0 Å². The van der Waals surface area contributed by atoms with E-state index in [1.165, 1.54) is 18.4 Å². The minimum atomic E-state index is -0.315. The summed E-state index contributed by atoms with van der Waals surface area (Å²) >= 11 is 0. The second kappa shape index (κ2) is 4.57. The van der Waals surface area contributed by atoms with Gasteiger partial charge in [0.15, 0.2) is 0 Å². The van der Waals surface area contributed by atoms with Gasteiger partial charge in [0, 0.05) is 12.1 Å². The van der Waals surface area contributed by atoms with Crippen LogP contribution in [0.5, 0.6) is 0 Å². The molecule has 0 amide bonds. The maximum atomic E-state index is 10.6. The Morgan fingerprint density at radius 1 is 1.10 bits per heavy atom. The van der Waals surface area contributed by atoms with Crippen LogP contribution in [0.2, 0.25) is 0 Å². The van der Waals surface area contributed by atoms with E-state index in [4.69, 9.17) is 0 Å². The van der Waals surface area contributed by atoms with Crippen molar-refractivity contribution in [1.82, 2.24) is 5.32 Å². The van der Waals surface area contributed by atoms with Crippen LogP contribution in [0.25, 0.3) is 0 Å². The molecule has 2 unspecified atom stereocenters. The zero-order valence-corrected chi connectivity index (χ0v) is 12.3. The highest BCUT2D eigenvalue weighted by molar-refractivity contribution is 5.19. The van der Waals surface area contributed by atoms with E-state index in [0.29, 0.717) is 23.9 Å². The van der Waals surface area contributed by atoms with Gasteiger partial charge in [0.25, 0.3) is 0 Å². The monoisotopic (exact) mass is 271 g/mol. The normalized spacial score (nSPS) is 43.7. The van der Waals surface area contributed by atoms with Gasteiger partial charge >= 0.3 is 0 Å². The van der Waals surface area contributed by atoms with Gasteiger partial charge in [0.05, 0.1) is 5.60 Å². The molecule has 20 heavy (non-hydrogen) atoms. The number of aliphatic hydroxyl groups is 1. The van der Waals surface area contributed by atoms with E-state index in [9.17, 15) is 5.11 Å². The summed E-state index contributed by atoms with van der Waals surface area (Å²) in [5.74, 6) is 2.18. The standard InChI is InChI=1S/C18H25NO/c1-12(14-5-3-2-4-6-14)19-17-15-7-13-8-16(17)11-18(20,9-13)10-15/h2-6,12-13,15-17,19-20H,7-11H2,1H3/t12-,13?,15?,16?,17?,18?/m1/s1. The molecule has 0 heterocycles. The SMILES string of the molecule is C[C@@H](NC1C2CC3CC1CC(O)(C3)C2)c1ccccc1. The van der Waals surface area contributed by atoms with Gasteiger partial charge < -0.3 is 10.4 Å². The summed E-state index contributed by atoms with van der Waals surface area (Å²) in [6.07, 6.45) is 5.79. The van der Waals surface area contributed by atoms with Crippen LogP contribution in [0, 0.1) is 17.8 Å². The molecule has 108 valence electrons. The summed E-state index contributed by atoms with van der Waals surface area (Å²) in [6.45, 7) is 2.27. The van der Waals surface area contributed by atoms with Gasteiger partial charge in [0.2, 0.25) is 0 Å². The molecule has 3 atom stereocenters. The third-order valence-corrected chi connectivity index (χ3v) is 5.98. The Morgan fingerprint density at radius 3 is 2.35 bits per heavy atom. The Balaban J connectivity index is 1.50. The van der Waals surface area contributed by atoms with Crippen LogP contribution in [-0.2, 0) is 0 Å². The van der Waals surface area contributed by atoms with Crippen LogP contribution >= 0.6 is 0 Å². The van der Waals surface area contributed by atoms with E-state index in [-0.39, 0.29) is 5.60 Å². The van der Waals surface area contributed by atoms with Gasteiger partial charge in [-0.2, -0.15) is 0 Å². The molecule has 5 rings (SSSR count). The van der Waals surface area contributed by atoms with E-state index in [0.717, 1.165) is 25.2 Å². The lowest BCUT2D eigenvalue weighted by Gasteiger charge is -2.58. The van der Waals surface area contributed by atoms with Crippen LogP contribution in [0.4, 0.5) is 0 Å². The first-order valence-corrected chi connectivity index (χ1v) is 8.16. The maximum absolute atomic E-state index is 10.6. The fourth-order valence-electron chi connectivity index (χ4n) is 5.38. The van der Waals surface area contributed by atoms with Crippen molar-refractivity contribution in [2.45, 2.75) is 56.7 Å². The Bertz CT molecular complexity index is 469. The molecule has 4 aliphatic carbocycles. The van der Waals surface area contributed by atoms with Crippen LogP contribution in [0.3, 0.4) is 0 Å². The molecule has 4 bridgehead atoms. The van der Waals surface area contributed by atoms with Crippen molar-refractivity contribution < 1.29 is 5.11 Å². The number of hydrogen-bond donors (Lipinski definition) is 2. The Kier molecular flexibility index (Phi) is 2.94. The first-order chi connectivity index (χ1) is 9.63. The van der Waals surface area contributed by atoms with Crippen molar-refractivity contribution in [3.05, 3.63) is 35.9 Å². The number of hydrogen-bond acceptors (Lipinski definition) is 2. The Hall–Kier alpha value is -0.860. The minimum absolute atomic E-state index is 0.315. The molecule has 0 radical (unpaired) electrons. The van der Waals surface area contributed by atoms with Crippen LogP contribution in [0.15, 0.2) is 30.3 Å². The third-order valence-electron chi connectivity index (χ3n) is 5.98. The van der Waals surface area contributed by atoms with Crippen molar-refractivity contribution in [3.63, 3.8) is 0 Å². The lowest BCUT2D eigenvalue weighted by molar-refractivity contribution is -0.139. The summed E-state index contributed by atoms with van der Waals surface area (Å²) in [5.41, 5.74) is 1.06. The van der Waals surface area contributed by atoms with Gasteiger partial charge in [-0.3, -0.25) is 0 Å². The average molecular weight is 271 g/mol. The van der Waals surface area contributed by atoms with Crippen molar-refractivity contribution in [3.8, 4) is 0 Å². The predicted octanol–water partition coefficient (Wildman–Crippen LogP) is 3.28. The molecule has 2 heteroatoms. The van der Waals surface area contributed by atoms with Gasteiger partial charge in [-0.15, -0.1) is 0 Å². The highest BCUT2D eigenvalue weighted by Gasteiger charge is 2.54. The molecule has 2 nitrogen and oxygen atoms in total. The molecule has 4 fully saturated rings. The molecule has 0 aliphatic heterocycles. The molecule has 0 aromatic heterocycles. The molecular weight excluding hydrogens is 246 g/mol. The van der Waals surface area contributed by atoms with Gasteiger partial charge in [-0.1, -0.05) is 30.3 Å². The third kappa shape index (κ3) is 2.10. The largest absolute Gasteiger partial charge is 0.390 e. The van der Waals surface area contributed by atoms with Crippen LogP contribution in [0.1, 0.15) is 50.6 Å². The van der Waals surface area contributed by atoms with E-state index in [2.05, 4.69) is 42.6 Å². The topological polar surface area (TPSA) is 32.3 Å². The van der Waals surface area contributed by atoms with Crippen LogP contribution in [-0.4, -0.2) is 16.7 Å². The summed E-state index contributed by atoms with van der Waals surface area (Å²) < 4.78 is 0. The highest BCUT2D eigenvalue weighted by Crippen LogP contribution is 2.55. The van der Waals surface area contributed by atoms with E-state index in [1.807, 2.05) is 0 Å². The lowest BCUT2D eigenvalue weighted by Crippen LogP contribution is -2.61. The highest BCUT2D eigenvalue weighted by atomic mass is 16.3.